The lowest BCUT2D eigenvalue weighted by Crippen LogP contribution is -2.51. The lowest BCUT2D eigenvalue weighted by atomic mass is 9.88. The molecule has 1 aromatic carbocycles. The monoisotopic (exact) mass is 464 g/mol. The van der Waals surface area contributed by atoms with E-state index in [0.717, 1.165) is 23.7 Å². The van der Waals surface area contributed by atoms with E-state index >= 15 is 0 Å². The highest BCUT2D eigenvalue weighted by molar-refractivity contribution is 9.10. The quantitative estimate of drug-likeness (QED) is 0.613. The van der Waals surface area contributed by atoms with Crippen LogP contribution in [-0.2, 0) is 16.0 Å². The molecule has 1 aliphatic heterocycles. The largest absolute Gasteiger partial charge is 0.444 e. The first kappa shape index (κ1) is 21.8. The van der Waals surface area contributed by atoms with Crippen LogP contribution in [0.4, 0.5) is 9.18 Å². The third kappa shape index (κ3) is 4.98. The number of likely N-dealkylation sites (tertiary alicyclic amines) is 1. The normalized spacial score (nSPS) is 24.3. The van der Waals surface area contributed by atoms with Gasteiger partial charge in [-0.2, -0.15) is 5.26 Å². The van der Waals surface area contributed by atoms with Crippen LogP contribution in [0.15, 0.2) is 22.7 Å². The van der Waals surface area contributed by atoms with E-state index in [9.17, 15) is 19.2 Å². The average Bonchev–Trinajstić information content (AvgIpc) is 3.23. The molecule has 0 N–H and O–H groups in total. The molecule has 2 fully saturated rings. The molecule has 1 saturated heterocycles. The van der Waals surface area contributed by atoms with Crippen molar-refractivity contribution in [1.82, 2.24) is 4.90 Å². The highest BCUT2D eigenvalue weighted by Gasteiger charge is 2.52. The van der Waals surface area contributed by atoms with E-state index in [1.54, 1.807) is 37.8 Å². The zero-order valence-corrected chi connectivity index (χ0v) is 18.5. The summed E-state index contributed by atoms with van der Waals surface area (Å²) >= 11 is 3.31. The number of carbonyl (C=O) groups excluding carboxylic acids is 2. The topological polar surface area (TPSA) is 70.4 Å². The number of benzene rings is 1. The number of nitrogens with zero attached hydrogens (tertiary/aromatic N) is 2. The van der Waals surface area contributed by atoms with Gasteiger partial charge in [0, 0.05) is 16.9 Å². The van der Waals surface area contributed by atoms with Gasteiger partial charge in [0.15, 0.2) is 5.78 Å². The molecule has 0 spiro atoms. The molecule has 1 aliphatic carbocycles. The third-order valence-electron chi connectivity index (χ3n) is 5.62. The molecule has 0 radical (unpaired) electrons. The van der Waals surface area contributed by atoms with Crippen LogP contribution < -0.4 is 0 Å². The van der Waals surface area contributed by atoms with Gasteiger partial charge in [0.05, 0.1) is 18.0 Å². The summed E-state index contributed by atoms with van der Waals surface area (Å²) in [7, 11) is 0. The zero-order chi connectivity index (χ0) is 21.3. The van der Waals surface area contributed by atoms with Gasteiger partial charge in [-0.05, 0) is 76.1 Å². The van der Waals surface area contributed by atoms with Crippen LogP contribution >= 0.6 is 15.9 Å². The Morgan fingerprint density at radius 1 is 1.38 bits per heavy atom. The number of Topliss-reactive ketones (excluding diaryl/α,β-unsaturated/α-hetero) is 1. The van der Waals surface area contributed by atoms with Gasteiger partial charge in [-0.15, -0.1) is 0 Å². The maximum absolute atomic E-state index is 14.1. The number of hydrogen-bond acceptors (Lipinski definition) is 4. The van der Waals surface area contributed by atoms with E-state index < -0.39 is 29.5 Å². The number of ketones is 1. The van der Waals surface area contributed by atoms with Gasteiger partial charge in [-0.25, -0.2) is 9.18 Å². The number of halogens is 2. The average molecular weight is 465 g/mol. The van der Waals surface area contributed by atoms with Crippen molar-refractivity contribution in [3.8, 4) is 6.07 Å². The van der Waals surface area contributed by atoms with E-state index in [2.05, 4.69) is 22.0 Å². The lowest BCUT2D eigenvalue weighted by Gasteiger charge is -2.35. The molecule has 1 saturated carbocycles. The minimum atomic E-state index is -0.647. The first-order valence-electron chi connectivity index (χ1n) is 9.96. The summed E-state index contributed by atoms with van der Waals surface area (Å²) in [5.74, 6) is -1.06. The molecular weight excluding hydrogens is 439 g/mol. The highest BCUT2D eigenvalue weighted by Crippen LogP contribution is 2.44. The second-order valence-electron chi connectivity index (χ2n) is 9.00. The fourth-order valence-electron chi connectivity index (χ4n) is 4.47. The van der Waals surface area contributed by atoms with Gasteiger partial charge in [0.2, 0.25) is 0 Å². The van der Waals surface area contributed by atoms with Gasteiger partial charge in [-0.1, -0.05) is 15.9 Å². The van der Waals surface area contributed by atoms with Crippen LogP contribution in [-0.4, -0.2) is 34.5 Å². The Morgan fingerprint density at radius 3 is 2.76 bits per heavy atom. The minimum absolute atomic E-state index is 0.00433. The van der Waals surface area contributed by atoms with Crippen LogP contribution in [0.2, 0.25) is 0 Å². The molecule has 2 bridgehead atoms. The number of hydrogen-bond donors (Lipinski definition) is 0. The summed E-state index contributed by atoms with van der Waals surface area (Å²) < 4.78 is 20.3. The number of rotatable bonds is 5. The van der Waals surface area contributed by atoms with Gasteiger partial charge in [0.25, 0.3) is 0 Å². The van der Waals surface area contributed by atoms with Crippen molar-refractivity contribution in [3.63, 3.8) is 0 Å². The van der Waals surface area contributed by atoms with E-state index in [1.165, 1.54) is 6.07 Å². The first-order chi connectivity index (χ1) is 13.6. The molecule has 29 heavy (non-hydrogen) atoms. The summed E-state index contributed by atoms with van der Waals surface area (Å²) in [6, 6.07) is 6.18. The van der Waals surface area contributed by atoms with Crippen LogP contribution in [0.1, 0.15) is 52.0 Å². The number of fused-ring (bicyclic) bond motifs is 2. The van der Waals surface area contributed by atoms with Crippen molar-refractivity contribution in [1.29, 1.82) is 5.26 Å². The maximum Gasteiger partial charge on any atom is 0.411 e. The molecular formula is C22H26BrFN2O3. The molecule has 5 nitrogen and oxygen atoms in total. The van der Waals surface area contributed by atoms with E-state index in [0.29, 0.717) is 5.56 Å². The molecule has 3 rings (SSSR count). The standard InChI is InChI=1S/C22H26BrFN2O3/c1-22(2,3)29-21(28)26-17-6-4-14(11-17)20(26)19(27)9-13(12-25)8-15-10-16(23)5-7-18(15)24/h5,7,10,13-14,17,20H,4,6,8-9,11H2,1-3H3/t13-,14+,17-,20+/m1/s1. The van der Waals surface area contributed by atoms with Crippen molar-refractivity contribution in [2.75, 3.05) is 0 Å². The van der Waals surface area contributed by atoms with Crippen molar-refractivity contribution in [2.45, 2.75) is 70.6 Å². The van der Waals surface area contributed by atoms with Crippen LogP contribution in [0.5, 0.6) is 0 Å². The van der Waals surface area contributed by atoms with Gasteiger partial charge in [0.1, 0.15) is 11.4 Å². The molecule has 156 valence electrons. The molecule has 2 aliphatic rings. The van der Waals surface area contributed by atoms with Crippen molar-refractivity contribution in [2.24, 2.45) is 11.8 Å². The van der Waals surface area contributed by atoms with E-state index in [-0.39, 0.29) is 30.6 Å². The summed E-state index contributed by atoms with van der Waals surface area (Å²) in [5.41, 5.74) is -0.240. The summed E-state index contributed by atoms with van der Waals surface area (Å²) in [5, 5.41) is 9.56. The summed E-state index contributed by atoms with van der Waals surface area (Å²) in [6.07, 6.45) is 2.26. The predicted octanol–water partition coefficient (Wildman–Crippen LogP) is 5.02. The number of nitriles is 1. The molecule has 0 aromatic heterocycles. The number of ether oxygens (including phenoxy) is 1. The predicted molar refractivity (Wildman–Crippen MR) is 110 cm³/mol. The zero-order valence-electron chi connectivity index (χ0n) is 17.0. The smallest absolute Gasteiger partial charge is 0.411 e. The molecule has 1 heterocycles. The second kappa shape index (κ2) is 8.43. The Balaban J connectivity index is 1.73. The molecule has 0 unspecified atom stereocenters. The Bertz CT molecular complexity index is 845. The summed E-state index contributed by atoms with van der Waals surface area (Å²) in [6.45, 7) is 5.40. The molecule has 1 aromatic rings. The Labute approximate surface area is 179 Å². The first-order valence-corrected chi connectivity index (χ1v) is 10.8. The van der Waals surface area contributed by atoms with Gasteiger partial charge in [-0.3, -0.25) is 9.69 Å². The second-order valence-corrected chi connectivity index (χ2v) is 9.91. The lowest BCUT2D eigenvalue weighted by molar-refractivity contribution is -0.126. The minimum Gasteiger partial charge on any atom is -0.444 e. The van der Waals surface area contributed by atoms with Crippen LogP contribution in [0.25, 0.3) is 0 Å². The summed E-state index contributed by atoms with van der Waals surface area (Å²) in [4.78, 5) is 27.4. The van der Waals surface area contributed by atoms with Crippen molar-refractivity contribution < 1.29 is 18.7 Å². The molecule has 4 atom stereocenters. The fourth-order valence-corrected chi connectivity index (χ4v) is 4.88. The number of carbonyl (C=O) groups is 2. The van der Waals surface area contributed by atoms with Crippen molar-refractivity contribution in [3.05, 3.63) is 34.1 Å². The molecule has 7 heteroatoms. The van der Waals surface area contributed by atoms with Gasteiger partial charge < -0.3 is 4.74 Å². The van der Waals surface area contributed by atoms with Crippen LogP contribution in [0.3, 0.4) is 0 Å². The maximum atomic E-state index is 14.1. The SMILES string of the molecule is CC(C)(C)OC(=O)N1[C@@H]2CC[C@@H](C2)[C@H]1C(=O)C[C@H](C#N)Cc1cc(Br)ccc1F. The highest BCUT2D eigenvalue weighted by atomic mass is 79.9. The van der Waals surface area contributed by atoms with E-state index in [4.69, 9.17) is 4.74 Å². The molecule has 1 amide bonds. The Hall–Kier alpha value is -1.94. The van der Waals surface area contributed by atoms with Gasteiger partial charge >= 0.3 is 6.09 Å². The fraction of sp³-hybridized carbons (Fsp3) is 0.591. The van der Waals surface area contributed by atoms with Crippen LogP contribution in [0, 0.1) is 29.0 Å². The number of amides is 1. The Morgan fingerprint density at radius 2 is 2.10 bits per heavy atom. The number of piperidine rings is 1. The third-order valence-corrected chi connectivity index (χ3v) is 6.12. The van der Waals surface area contributed by atoms with Crippen molar-refractivity contribution >= 4 is 27.8 Å². The van der Waals surface area contributed by atoms with E-state index in [1.807, 2.05) is 0 Å². The Kier molecular flexibility index (Phi) is 6.33.